The number of carbonyl (C=O) groups is 1. The van der Waals surface area contributed by atoms with Gasteiger partial charge in [0.1, 0.15) is 11.8 Å². The minimum absolute atomic E-state index is 0.130. The highest BCUT2D eigenvalue weighted by Crippen LogP contribution is 2.29. The molecule has 0 radical (unpaired) electrons. The third-order valence-corrected chi connectivity index (χ3v) is 4.29. The molecule has 0 spiro atoms. The molecule has 0 saturated heterocycles. The molecule has 1 aromatic heterocycles. The van der Waals surface area contributed by atoms with Gasteiger partial charge in [-0.1, -0.05) is 30.3 Å². The van der Waals surface area contributed by atoms with Crippen LogP contribution in [0.1, 0.15) is 13.0 Å². The normalized spacial score (nSPS) is 11.5. The van der Waals surface area contributed by atoms with Gasteiger partial charge in [0.25, 0.3) is 11.2 Å². The monoisotopic (exact) mass is 394 g/mol. The van der Waals surface area contributed by atoms with E-state index in [0.29, 0.717) is 5.69 Å². The number of hydrogen-bond acceptors (Lipinski definition) is 6. The molecule has 1 N–H and O–H groups in total. The summed E-state index contributed by atoms with van der Waals surface area (Å²) in [6.07, 6.45) is 0. The summed E-state index contributed by atoms with van der Waals surface area (Å²) in [7, 11) is 1.38. The zero-order valence-electron chi connectivity index (χ0n) is 15.7. The molecule has 148 valence electrons. The fraction of sp³-hybridized carbons (Fsp3) is 0.150. The molecule has 9 heteroatoms. The van der Waals surface area contributed by atoms with Crippen molar-refractivity contribution in [1.29, 1.82) is 0 Å². The molecule has 1 atom stereocenters. The van der Waals surface area contributed by atoms with Gasteiger partial charge in [-0.15, -0.1) is 0 Å². The summed E-state index contributed by atoms with van der Waals surface area (Å²) in [5.74, 6) is -0.307. The minimum Gasteiger partial charge on any atom is -0.495 e. The largest absolute Gasteiger partial charge is 0.495 e. The van der Waals surface area contributed by atoms with E-state index in [9.17, 15) is 19.7 Å². The van der Waals surface area contributed by atoms with E-state index >= 15 is 0 Å². The molecule has 29 heavy (non-hydrogen) atoms. The van der Waals surface area contributed by atoms with Crippen molar-refractivity contribution in [2.24, 2.45) is 0 Å². The average molecular weight is 394 g/mol. The fourth-order valence-corrected chi connectivity index (χ4v) is 2.72. The third kappa shape index (κ3) is 4.29. The lowest BCUT2D eigenvalue weighted by Crippen LogP contribution is -2.33. The molecular formula is C20H18N4O5. The Morgan fingerprint density at radius 2 is 1.90 bits per heavy atom. The first kappa shape index (κ1) is 19.7. The van der Waals surface area contributed by atoms with Crippen molar-refractivity contribution in [2.45, 2.75) is 13.0 Å². The molecule has 0 aliphatic carbocycles. The minimum atomic E-state index is -0.963. The summed E-state index contributed by atoms with van der Waals surface area (Å²) in [6, 6.07) is 15.1. The smallest absolute Gasteiger partial charge is 0.271 e. The van der Waals surface area contributed by atoms with E-state index < -0.39 is 22.4 Å². The Labute approximate surface area is 165 Å². The van der Waals surface area contributed by atoms with Crippen LogP contribution in [0.15, 0.2) is 65.5 Å². The summed E-state index contributed by atoms with van der Waals surface area (Å²) in [4.78, 5) is 35.4. The van der Waals surface area contributed by atoms with Gasteiger partial charge in [-0.2, -0.15) is 5.10 Å². The van der Waals surface area contributed by atoms with Crippen LogP contribution in [0.2, 0.25) is 0 Å². The molecule has 0 bridgehead atoms. The van der Waals surface area contributed by atoms with E-state index in [0.717, 1.165) is 10.2 Å². The lowest BCUT2D eigenvalue weighted by Gasteiger charge is -2.16. The molecular weight excluding hydrogens is 376 g/mol. The standard InChI is InChI=1S/C20H18N4O5/c1-13(20(26)21-17-12-15(24(27)28)8-10-18(17)29-2)23-19(25)11-9-16(22-23)14-6-4-3-5-7-14/h3-13H,1-2H3,(H,21,26). The number of rotatable bonds is 6. The number of anilines is 1. The Kier molecular flexibility index (Phi) is 5.68. The molecule has 2 aromatic carbocycles. The first-order chi connectivity index (χ1) is 13.9. The van der Waals surface area contributed by atoms with E-state index in [1.165, 1.54) is 38.3 Å². The summed E-state index contributed by atoms with van der Waals surface area (Å²) in [6.45, 7) is 1.52. The van der Waals surface area contributed by atoms with E-state index in [1.807, 2.05) is 30.3 Å². The number of non-ortho nitro benzene ring substituents is 1. The second kappa shape index (κ2) is 8.34. The van der Waals surface area contributed by atoms with Gasteiger partial charge in [-0.3, -0.25) is 19.7 Å². The Bertz CT molecular complexity index is 1110. The molecule has 1 heterocycles. The molecule has 0 fully saturated rings. The lowest BCUT2D eigenvalue weighted by molar-refractivity contribution is -0.384. The van der Waals surface area contributed by atoms with Crippen molar-refractivity contribution in [3.05, 3.63) is 81.1 Å². The van der Waals surface area contributed by atoms with Crippen LogP contribution in [-0.2, 0) is 4.79 Å². The zero-order chi connectivity index (χ0) is 21.0. The number of carbonyl (C=O) groups excluding carboxylic acids is 1. The SMILES string of the molecule is COc1ccc([N+](=O)[O-])cc1NC(=O)C(C)n1nc(-c2ccccc2)ccc1=O. The third-order valence-electron chi connectivity index (χ3n) is 4.29. The van der Waals surface area contributed by atoms with Gasteiger partial charge in [0.2, 0.25) is 5.91 Å². The lowest BCUT2D eigenvalue weighted by atomic mass is 10.1. The Morgan fingerprint density at radius 1 is 1.17 bits per heavy atom. The number of nitrogens with zero attached hydrogens (tertiary/aromatic N) is 3. The van der Waals surface area contributed by atoms with E-state index in [1.54, 1.807) is 6.07 Å². The van der Waals surface area contributed by atoms with Gasteiger partial charge >= 0.3 is 0 Å². The predicted molar refractivity (Wildman–Crippen MR) is 107 cm³/mol. The predicted octanol–water partition coefficient (Wildman–Crippen LogP) is 3.03. The highest BCUT2D eigenvalue weighted by atomic mass is 16.6. The molecule has 1 amide bonds. The molecule has 0 aliphatic heterocycles. The number of nitro groups is 1. The number of methoxy groups -OCH3 is 1. The number of aromatic nitrogens is 2. The number of ether oxygens (including phenoxy) is 1. The summed E-state index contributed by atoms with van der Waals surface area (Å²) >= 11 is 0. The Morgan fingerprint density at radius 3 is 2.55 bits per heavy atom. The van der Waals surface area contributed by atoms with Crippen LogP contribution < -0.4 is 15.6 Å². The maximum Gasteiger partial charge on any atom is 0.271 e. The van der Waals surface area contributed by atoms with Gasteiger partial charge in [0.05, 0.1) is 23.4 Å². The molecule has 0 aliphatic rings. The van der Waals surface area contributed by atoms with Crippen molar-refractivity contribution in [3.8, 4) is 17.0 Å². The van der Waals surface area contributed by atoms with Gasteiger partial charge in [-0.05, 0) is 19.1 Å². The van der Waals surface area contributed by atoms with Crippen molar-refractivity contribution >= 4 is 17.3 Å². The van der Waals surface area contributed by atoms with E-state index in [4.69, 9.17) is 4.74 Å². The first-order valence-electron chi connectivity index (χ1n) is 8.69. The van der Waals surface area contributed by atoms with Crippen LogP contribution in [0.4, 0.5) is 11.4 Å². The van der Waals surface area contributed by atoms with Crippen LogP contribution in [-0.4, -0.2) is 27.7 Å². The van der Waals surface area contributed by atoms with Gasteiger partial charge in [0.15, 0.2) is 0 Å². The van der Waals surface area contributed by atoms with Gasteiger partial charge in [0, 0.05) is 23.8 Å². The molecule has 3 aromatic rings. The number of amides is 1. The second-order valence-corrected chi connectivity index (χ2v) is 6.17. The Balaban J connectivity index is 1.90. The highest BCUT2D eigenvalue weighted by Gasteiger charge is 2.21. The average Bonchev–Trinajstić information content (AvgIpc) is 2.74. The number of hydrogen-bond donors (Lipinski definition) is 1. The number of benzene rings is 2. The van der Waals surface area contributed by atoms with Crippen molar-refractivity contribution in [1.82, 2.24) is 9.78 Å². The second-order valence-electron chi connectivity index (χ2n) is 6.17. The number of nitrogens with one attached hydrogen (secondary N) is 1. The topological polar surface area (TPSA) is 116 Å². The maximum absolute atomic E-state index is 12.7. The van der Waals surface area contributed by atoms with Crippen LogP contribution in [0.25, 0.3) is 11.3 Å². The summed E-state index contributed by atoms with van der Waals surface area (Å²) < 4.78 is 6.22. The molecule has 1 unspecified atom stereocenters. The van der Waals surface area contributed by atoms with E-state index in [-0.39, 0.29) is 17.1 Å². The van der Waals surface area contributed by atoms with Crippen LogP contribution in [0, 0.1) is 10.1 Å². The quantitative estimate of drug-likeness (QED) is 0.507. The first-order valence-corrected chi connectivity index (χ1v) is 8.69. The highest BCUT2D eigenvalue weighted by molar-refractivity contribution is 5.95. The van der Waals surface area contributed by atoms with Crippen LogP contribution in [0.3, 0.4) is 0 Å². The molecule has 9 nitrogen and oxygen atoms in total. The van der Waals surface area contributed by atoms with Crippen molar-refractivity contribution in [2.75, 3.05) is 12.4 Å². The Hall–Kier alpha value is -4.01. The summed E-state index contributed by atoms with van der Waals surface area (Å²) in [5.41, 5.74) is 0.825. The summed E-state index contributed by atoms with van der Waals surface area (Å²) in [5, 5.41) is 17.9. The van der Waals surface area contributed by atoms with Crippen molar-refractivity contribution in [3.63, 3.8) is 0 Å². The van der Waals surface area contributed by atoms with Gasteiger partial charge < -0.3 is 10.1 Å². The molecule has 0 saturated carbocycles. The fourth-order valence-electron chi connectivity index (χ4n) is 2.72. The zero-order valence-corrected chi connectivity index (χ0v) is 15.7. The van der Waals surface area contributed by atoms with Crippen molar-refractivity contribution < 1.29 is 14.5 Å². The van der Waals surface area contributed by atoms with Crippen LogP contribution in [0.5, 0.6) is 5.75 Å². The van der Waals surface area contributed by atoms with E-state index in [2.05, 4.69) is 10.4 Å². The molecule has 3 rings (SSSR count). The number of nitro benzene ring substituents is 1. The van der Waals surface area contributed by atoms with Gasteiger partial charge in [-0.25, -0.2) is 4.68 Å². The maximum atomic E-state index is 12.7. The van der Waals surface area contributed by atoms with Crippen LogP contribution >= 0.6 is 0 Å².